The molecule has 1 heteroatoms. The van der Waals surface area contributed by atoms with Crippen molar-refractivity contribution in [3.05, 3.63) is 0 Å². The van der Waals surface area contributed by atoms with Crippen molar-refractivity contribution in [3.8, 4) is 0 Å². The Hall–Kier alpha value is -0.0400. The average molecular weight is 225 g/mol. The van der Waals surface area contributed by atoms with E-state index in [0.717, 1.165) is 11.8 Å². The molecule has 1 atom stereocenters. The summed E-state index contributed by atoms with van der Waals surface area (Å²) in [6, 6.07) is 0. The van der Waals surface area contributed by atoms with Crippen LogP contribution in [0.2, 0.25) is 0 Å². The van der Waals surface area contributed by atoms with E-state index >= 15 is 0 Å². The van der Waals surface area contributed by atoms with E-state index in [2.05, 4.69) is 33.0 Å². The molecule has 0 aromatic heterocycles. The van der Waals surface area contributed by atoms with Gasteiger partial charge in [0.05, 0.1) is 0 Å². The summed E-state index contributed by atoms with van der Waals surface area (Å²) >= 11 is 0. The molecule has 0 radical (unpaired) electrons. The summed E-state index contributed by atoms with van der Waals surface area (Å²) in [7, 11) is 0. The Labute approximate surface area is 102 Å². The van der Waals surface area contributed by atoms with Crippen molar-refractivity contribution in [2.45, 2.75) is 78.2 Å². The van der Waals surface area contributed by atoms with Crippen LogP contribution in [0.5, 0.6) is 0 Å². The topological polar surface area (TPSA) is 12.0 Å². The minimum Gasteiger partial charge on any atom is -0.312 e. The number of hydrogen-bond donors (Lipinski definition) is 1. The molecule has 1 aliphatic carbocycles. The first kappa shape index (κ1) is 14.0. The van der Waals surface area contributed by atoms with Gasteiger partial charge in [-0.05, 0) is 45.6 Å². The largest absolute Gasteiger partial charge is 0.312 e. The minimum atomic E-state index is 0.278. The van der Waals surface area contributed by atoms with E-state index in [4.69, 9.17) is 0 Å². The Morgan fingerprint density at radius 1 is 1.12 bits per heavy atom. The van der Waals surface area contributed by atoms with Gasteiger partial charge in [-0.15, -0.1) is 0 Å². The highest BCUT2D eigenvalue weighted by atomic mass is 14.9. The van der Waals surface area contributed by atoms with Crippen molar-refractivity contribution in [2.24, 2.45) is 11.8 Å². The van der Waals surface area contributed by atoms with Crippen LogP contribution in [0.25, 0.3) is 0 Å². The summed E-state index contributed by atoms with van der Waals surface area (Å²) < 4.78 is 0. The maximum absolute atomic E-state index is 3.70. The van der Waals surface area contributed by atoms with Gasteiger partial charge in [0.15, 0.2) is 0 Å². The smallest absolute Gasteiger partial charge is 0.00966 e. The summed E-state index contributed by atoms with van der Waals surface area (Å²) in [5.74, 6) is 1.92. The third kappa shape index (κ3) is 5.34. The first-order valence-corrected chi connectivity index (χ1v) is 7.28. The van der Waals surface area contributed by atoms with Gasteiger partial charge in [-0.3, -0.25) is 0 Å². The lowest BCUT2D eigenvalue weighted by Crippen LogP contribution is -2.41. The quantitative estimate of drug-likeness (QED) is 0.732. The Morgan fingerprint density at radius 2 is 1.75 bits per heavy atom. The highest BCUT2D eigenvalue weighted by Gasteiger charge is 2.24. The van der Waals surface area contributed by atoms with Crippen LogP contribution in [0, 0.1) is 11.8 Å². The van der Waals surface area contributed by atoms with Crippen LogP contribution in [-0.2, 0) is 0 Å². The Balaban J connectivity index is 2.39. The van der Waals surface area contributed by atoms with Crippen molar-refractivity contribution in [1.29, 1.82) is 0 Å². The third-order valence-corrected chi connectivity index (χ3v) is 3.87. The molecule has 0 amide bonds. The second kappa shape index (κ2) is 6.64. The average Bonchev–Trinajstić information content (AvgIpc) is 2.24. The van der Waals surface area contributed by atoms with Gasteiger partial charge in [0.1, 0.15) is 0 Å². The van der Waals surface area contributed by atoms with Gasteiger partial charge in [-0.25, -0.2) is 0 Å². The lowest BCUT2D eigenvalue weighted by molar-refractivity contribution is 0.214. The molecule has 0 aliphatic heterocycles. The van der Waals surface area contributed by atoms with Crippen LogP contribution >= 0.6 is 0 Å². The fourth-order valence-electron chi connectivity index (χ4n) is 2.92. The molecular formula is C15H31N. The maximum Gasteiger partial charge on any atom is 0.00966 e. The van der Waals surface area contributed by atoms with Crippen molar-refractivity contribution in [2.75, 3.05) is 6.54 Å². The van der Waals surface area contributed by atoms with Crippen LogP contribution in [-0.4, -0.2) is 12.1 Å². The van der Waals surface area contributed by atoms with E-state index < -0.39 is 0 Å². The summed E-state index contributed by atoms with van der Waals surface area (Å²) in [4.78, 5) is 0. The molecule has 1 saturated carbocycles. The summed E-state index contributed by atoms with van der Waals surface area (Å²) in [6.07, 6.45) is 10.1. The highest BCUT2D eigenvalue weighted by Crippen LogP contribution is 2.32. The van der Waals surface area contributed by atoms with E-state index in [0.29, 0.717) is 0 Å². The van der Waals surface area contributed by atoms with Gasteiger partial charge in [0.25, 0.3) is 0 Å². The van der Waals surface area contributed by atoms with Gasteiger partial charge in [0.2, 0.25) is 0 Å². The van der Waals surface area contributed by atoms with Crippen LogP contribution in [0.1, 0.15) is 72.6 Å². The zero-order chi connectivity index (χ0) is 12.0. The first-order chi connectivity index (χ1) is 7.53. The van der Waals surface area contributed by atoms with Crippen molar-refractivity contribution >= 4 is 0 Å². The van der Waals surface area contributed by atoms with Crippen molar-refractivity contribution < 1.29 is 0 Å². The Morgan fingerprint density at radius 3 is 2.25 bits per heavy atom. The molecule has 1 rings (SSSR count). The fourth-order valence-corrected chi connectivity index (χ4v) is 2.92. The lowest BCUT2D eigenvalue weighted by atomic mass is 9.78. The monoisotopic (exact) mass is 225 g/mol. The summed E-state index contributed by atoms with van der Waals surface area (Å²) in [5, 5.41) is 3.70. The van der Waals surface area contributed by atoms with Crippen LogP contribution < -0.4 is 5.32 Å². The molecule has 1 aliphatic rings. The van der Waals surface area contributed by atoms with E-state index in [1.165, 1.54) is 51.5 Å². The Kier molecular flexibility index (Phi) is 5.82. The Bertz CT molecular complexity index is 174. The molecule has 96 valence electrons. The van der Waals surface area contributed by atoms with Crippen LogP contribution in [0.4, 0.5) is 0 Å². The normalized spacial score (nSPS) is 21.0. The zero-order valence-corrected chi connectivity index (χ0v) is 11.8. The summed E-state index contributed by atoms with van der Waals surface area (Å²) in [5.41, 5.74) is 0.278. The van der Waals surface area contributed by atoms with Gasteiger partial charge in [0, 0.05) is 5.54 Å². The zero-order valence-electron chi connectivity index (χ0n) is 11.8. The number of nitrogens with one attached hydrogen (secondary N) is 1. The van der Waals surface area contributed by atoms with Gasteiger partial charge >= 0.3 is 0 Å². The molecule has 0 heterocycles. The molecule has 0 saturated heterocycles. The number of rotatable bonds is 5. The maximum atomic E-state index is 3.70. The molecule has 0 aromatic rings. The SMILES string of the molecule is CCCC(CNC(C)(C)C)C1CCCCC1. The van der Waals surface area contributed by atoms with Crippen LogP contribution in [0.15, 0.2) is 0 Å². The number of hydrogen-bond acceptors (Lipinski definition) is 1. The van der Waals surface area contributed by atoms with E-state index in [1.54, 1.807) is 0 Å². The molecule has 16 heavy (non-hydrogen) atoms. The molecule has 1 N–H and O–H groups in total. The van der Waals surface area contributed by atoms with Crippen molar-refractivity contribution in [1.82, 2.24) is 5.32 Å². The van der Waals surface area contributed by atoms with Gasteiger partial charge in [-0.1, -0.05) is 45.4 Å². The molecule has 0 spiro atoms. The fraction of sp³-hybridized carbons (Fsp3) is 1.00. The predicted octanol–water partition coefficient (Wildman–Crippen LogP) is 4.37. The summed E-state index contributed by atoms with van der Waals surface area (Å²) in [6.45, 7) is 10.4. The van der Waals surface area contributed by atoms with Crippen LogP contribution in [0.3, 0.4) is 0 Å². The van der Waals surface area contributed by atoms with Crippen molar-refractivity contribution in [3.63, 3.8) is 0 Å². The molecule has 0 aromatic carbocycles. The van der Waals surface area contributed by atoms with E-state index in [-0.39, 0.29) is 5.54 Å². The van der Waals surface area contributed by atoms with Gasteiger partial charge in [-0.2, -0.15) is 0 Å². The standard InChI is InChI=1S/C15H31N/c1-5-9-14(12-16-15(2,3)4)13-10-7-6-8-11-13/h13-14,16H,5-12H2,1-4H3. The second-order valence-electron chi connectivity index (χ2n) is 6.58. The molecule has 1 unspecified atom stereocenters. The van der Waals surface area contributed by atoms with E-state index in [9.17, 15) is 0 Å². The first-order valence-electron chi connectivity index (χ1n) is 7.28. The molecule has 1 nitrogen and oxygen atoms in total. The molecule has 1 fully saturated rings. The minimum absolute atomic E-state index is 0.278. The predicted molar refractivity (Wildman–Crippen MR) is 72.7 cm³/mol. The third-order valence-electron chi connectivity index (χ3n) is 3.87. The highest BCUT2D eigenvalue weighted by molar-refractivity contribution is 4.79. The molecule has 0 bridgehead atoms. The lowest BCUT2D eigenvalue weighted by Gasteiger charge is -2.33. The van der Waals surface area contributed by atoms with Gasteiger partial charge < -0.3 is 5.32 Å². The van der Waals surface area contributed by atoms with E-state index in [1.807, 2.05) is 0 Å². The molecular weight excluding hydrogens is 194 g/mol. The second-order valence-corrected chi connectivity index (χ2v) is 6.58.